The van der Waals surface area contributed by atoms with Crippen LogP contribution in [-0.2, 0) is 27.5 Å². The highest BCUT2D eigenvalue weighted by Crippen LogP contribution is 2.25. The summed E-state index contributed by atoms with van der Waals surface area (Å²) in [6.07, 6.45) is 0. The van der Waals surface area contributed by atoms with Crippen LogP contribution in [0, 0.1) is 6.92 Å². The number of rotatable bonds is 6. The number of carbonyl (C=O) groups excluding carboxylic acids is 4. The van der Waals surface area contributed by atoms with E-state index in [-0.39, 0.29) is 17.3 Å². The highest BCUT2D eigenvalue weighted by Gasteiger charge is 2.30. The molecule has 0 radical (unpaired) electrons. The van der Waals surface area contributed by atoms with E-state index < -0.39 is 28.9 Å². The second-order valence-electron chi connectivity index (χ2n) is 3.25. The van der Waals surface area contributed by atoms with Gasteiger partial charge in [0.05, 0.1) is 0 Å². The molecule has 0 bridgehead atoms. The van der Waals surface area contributed by atoms with E-state index in [9.17, 15) is 19.2 Å². The molecule has 0 spiro atoms. The molecule has 0 aliphatic carbocycles. The molecule has 1 heterocycles. The molecule has 20 heavy (non-hydrogen) atoms. The molecule has 0 N–H and O–H groups in total. The number of alkyl halides is 1. The van der Waals surface area contributed by atoms with Crippen molar-refractivity contribution in [3.8, 4) is 0 Å². The van der Waals surface area contributed by atoms with E-state index in [4.69, 9.17) is 11.6 Å². The number of hydrogen-bond donors (Lipinski definition) is 0. The van der Waals surface area contributed by atoms with Crippen molar-refractivity contribution >= 4 is 58.8 Å². The third kappa shape index (κ3) is 4.54. The fourth-order valence-corrected chi connectivity index (χ4v) is 2.11. The molecule has 0 fully saturated rings. The van der Waals surface area contributed by atoms with E-state index in [1.54, 1.807) is 6.92 Å². The Labute approximate surface area is 126 Å². The summed E-state index contributed by atoms with van der Waals surface area (Å²) in [6, 6.07) is 0. The van der Waals surface area contributed by atoms with Gasteiger partial charge in [0.15, 0.2) is 5.38 Å². The molecule has 0 aliphatic rings. The standard InChI is InChI=1S/C9H7ClN2O6S2/c1-3(13)8(15)17-20-18-9(16)6(14)5(10)7-12-11-4(2)19-7/h5H,1-2H3. The topological polar surface area (TPSA) is 113 Å². The van der Waals surface area contributed by atoms with Gasteiger partial charge in [-0.3, -0.25) is 9.59 Å². The highest BCUT2D eigenvalue weighted by molar-refractivity contribution is 7.90. The van der Waals surface area contributed by atoms with Crippen LogP contribution in [0.25, 0.3) is 0 Å². The van der Waals surface area contributed by atoms with Gasteiger partial charge in [-0.1, -0.05) is 11.3 Å². The third-order valence-electron chi connectivity index (χ3n) is 1.70. The fraction of sp³-hybridized carbons (Fsp3) is 0.333. The van der Waals surface area contributed by atoms with Crippen molar-refractivity contribution in [3.05, 3.63) is 10.0 Å². The maximum absolute atomic E-state index is 11.6. The van der Waals surface area contributed by atoms with Crippen LogP contribution in [0.5, 0.6) is 0 Å². The maximum atomic E-state index is 11.6. The van der Waals surface area contributed by atoms with E-state index in [0.717, 1.165) is 18.3 Å². The molecular weight excluding hydrogens is 332 g/mol. The average Bonchev–Trinajstić information content (AvgIpc) is 2.83. The Hall–Kier alpha value is -1.52. The van der Waals surface area contributed by atoms with Crippen LogP contribution in [0.3, 0.4) is 0 Å². The first-order chi connectivity index (χ1) is 9.32. The van der Waals surface area contributed by atoms with E-state index in [1.807, 2.05) is 0 Å². The predicted octanol–water partition coefficient (Wildman–Crippen LogP) is 0.934. The Morgan fingerprint density at radius 2 is 1.80 bits per heavy atom. The Morgan fingerprint density at radius 1 is 1.20 bits per heavy atom. The third-order valence-corrected chi connectivity index (χ3v) is 3.57. The van der Waals surface area contributed by atoms with E-state index >= 15 is 0 Å². The lowest BCUT2D eigenvalue weighted by Crippen LogP contribution is -2.20. The Kier molecular flexibility index (Phi) is 6.05. The molecule has 1 aromatic rings. The number of carbonyl (C=O) groups is 4. The summed E-state index contributed by atoms with van der Waals surface area (Å²) >= 11 is 6.71. The minimum Gasteiger partial charge on any atom is -0.348 e. The average molecular weight is 339 g/mol. The van der Waals surface area contributed by atoms with E-state index in [0.29, 0.717) is 5.01 Å². The van der Waals surface area contributed by atoms with Crippen molar-refractivity contribution in [3.63, 3.8) is 0 Å². The van der Waals surface area contributed by atoms with Gasteiger partial charge in [0.2, 0.25) is 5.78 Å². The first-order valence-corrected chi connectivity index (χ1v) is 6.83. The van der Waals surface area contributed by atoms with Crippen LogP contribution in [0.15, 0.2) is 0 Å². The number of Topliss-reactive ketones (excluding diaryl/α,β-unsaturated/α-hetero) is 2. The Balaban J connectivity index is 2.49. The summed E-state index contributed by atoms with van der Waals surface area (Å²) < 4.78 is 8.46. The van der Waals surface area contributed by atoms with Crippen molar-refractivity contribution < 1.29 is 27.5 Å². The normalized spacial score (nSPS) is 11.6. The lowest BCUT2D eigenvalue weighted by Gasteiger charge is -2.03. The number of aryl methyl sites for hydroxylation is 1. The van der Waals surface area contributed by atoms with Crippen molar-refractivity contribution in [1.29, 1.82) is 0 Å². The number of ketones is 2. The number of nitrogens with zero attached hydrogens (tertiary/aromatic N) is 2. The second kappa shape index (κ2) is 7.31. The minimum absolute atomic E-state index is 0.0881. The maximum Gasteiger partial charge on any atom is 0.391 e. The first-order valence-electron chi connectivity index (χ1n) is 4.91. The van der Waals surface area contributed by atoms with Crippen LogP contribution >= 0.6 is 35.3 Å². The van der Waals surface area contributed by atoms with Crippen LogP contribution < -0.4 is 0 Å². The largest absolute Gasteiger partial charge is 0.391 e. The molecule has 1 rings (SSSR count). The molecule has 1 unspecified atom stereocenters. The molecule has 1 atom stereocenters. The quantitative estimate of drug-likeness (QED) is 0.424. The van der Waals surface area contributed by atoms with E-state index in [2.05, 4.69) is 18.6 Å². The van der Waals surface area contributed by atoms with Crippen molar-refractivity contribution in [2.24, 2.45) is 0 Å². The molecule has 0 saturated heterocycles. The summed E-state index contributed by atoms with van der Waals surface area (Å²) in [6.45, 7) is 2.63. The number of aromatic nitrogens is 2. The van der Waals surface area contributed by atoms with Gasteiger partial charge < -0.3 is 8.37 Å². The number of hydrogen-bond acceptors (Lipinski definition) is 10. The van der Waals surface area contributed by atoms with Crippen molar-refractivity contribution in [2.45, 2.75) is 19.2 Å². The van der Waals surface area contributed by atoms with Gasteiger partial charge in [-0.25, -0.2) is 9.59 Å². The molecule has 8 nitrogen and oxygen atoms in total. The van der Waals surface area contributed by atoms with Crippen molar-refractivity contribution in [1.82, 2.24) is 10.2 Å². The zero-order valence-electron chi connectivity index (χ0n) is 10.1. The lowest BCUT2D eigenvalue weighted by molar-refractivity contribution is -0.148. The molecule has 1 aromatic heterocycles. The van der Waals surface area contributed by atoms with Crippen LogP contribution in [0.1, 0.15) is 22.3 Å². The second-order valence-corrected chi connectivity index (χ2v) is 5.37. The lowest BCUT2D eigenvalue weighted by atomic mass is 10.3. The molecular formula is C9H7ClN2O6S2. The zero-order chi connectivity index (χ0) is 15.3. The summed E-state index contributed by atoms with van der Waals surface area (Å²) in [5.74, 6) is -4.51. The summed E-state index contributed by atoms with van der Waals surface area (Å²) in [5, 5.41) is 6.67. The summed E-state index contributed by atoms with van der Waals surface area (Å²) in [7, 11) is 0. The first kappa shape index (κ1) is 16.5. The SMILES string of the molecule is CC(=O)C(=O)OSOC(=O)C(=O)C(Cl)c1nnc(C)s1. The molecule has 0 amide bonds. The fourth-order valence-electron chi connectivity index (χ4n) is 0.808. The van der Waals surface area contributed by atoms with Crippen LogP contribution in [0.2, 0.25) is 0 Å². The highest BCUT2D eigenvalue weighted by atomic mass is 35.5. The monoisotopic (exact) mass is 338 g/mol. The molecule has 0 aliphatic heterocycles. The van der Waals surface area contributed by atoms with Gasteiger partial charge in [-0.2, -0.15) is 0 Å². The number of halogens is 1. The molecule has 0 saturated carbocycles. The zero-order valence-corrected chi connectivity index (χ0v) is 12.5. The van der Waals surface area contributed by atoms with Gasteiger partial charge in [0.1, 0.15) is 10.0 Å². The molecule has 108 valence electrons. The van der Waals surface area contributed by atoms with Gasteiger partial charge in [0, 0.05) is 6.92 Å². The smallest absolute Gasteiger partial charge is 0.348 e. The van der Waals surface area contributed by atoms with Crippen LogP contribution in [-0.4, -0.2) is 33.7 Å². The summed E-state index contributed by atoms with van der Waals surface area (Å²) in [5.41, 5.74) is 0. The Morgan fingerprint density at radius 3 is 2.30 bits per heavy atom. The molecule has 0 aromatic carbocycles. The van der Waals surface area contributed by atoms with Gasteiger partial charge in [-0.05, 0) is 6.92 Å². The van der Waals surface area contributed by atoms with E-state index in [1.165, 1.54) is 0 Å². The minimum atomic E-state index is -1.34. The predicted molar refractivity (Wildman–Crippen MR) is 68.7 cm³/mol. The van der Waals surface area contributed by atoms with Gasteiger partial charge >= 0.3 is 11.9 Å². The molecule has 11 heteroatoms. The van der Waals surface area contributed by atoms with Gasteiger partial charge in [0.25, 0.3) is 18.1 Å². The van der Waals surface area contributed by atoms with Crippen LogP contribution in [0.4, 0.5) is 0 Å². The summed E-state index contributed by atoms with van der Waals surface area (Å²) in [4.78, 5) is 44.2. The van der Waals surface area contributed by atoms with Gasteiger partial charge in [-0.15, -0.1) is 21.8 Å². The Bertz CT molecular complexity index is 560. The van der Waals surface area contributed by atoms with Crippen molar-refractivity contribution in [2.75, 3.05) is 0 Å².